The average molecular weight is 358 g/mol. The number of thioether (sulfide) groups is 1. The number of Topliss-reactive ketones (excluding diaryl/α,β-unsaturated/α-hetero) is 1. The summed E-state index contributed by atoms with van der Waals surface area (Å²) in [7, 11) is 0. The van der Waals surface area contributed by atoms with E-state index in [4.69, 9.17) is 11.6 Å². The van der Waals surface area contributed by atoms with Crippen molar-refractivity contribution in [3.63, 3.8) is 0 Å². The fourth-order valence-electron chi connectivity index (χ4n) is 1.75. The van der Waals surface area contributed by atoms with Crippen LogP contribution in [0.2, 0.25) is 5.02 Å². The number of nitrogens with zero attached hydrogens (tertiary/aromatic N) is 2. The van der Waals surface area contributed by atoms with Crippen molar-refractivity contribution in [2.45, 2.75) is 30.4 Å². The second-order valence-electron chi connectivity index (χ2n) is 4.61. The van der Waals surface area contributed by atoms with Crippen molar-refractivity contribution in [1.82, 2.24) is 10.2 Å². The summed E-state index contributed by atoms with van der Waals surface area (Å²) in [6, 6.07) is 3.14. The van der Waals surface area contributed by atoms with Crippen LogP contribution in [0.15, 0.2) is 16.5 Å². The van der Waals surface area contributed by atoms with Crippen LogP contribution in [0.5, 0.6) is 5.75 Å². The van der Waals surface area contributed by atoms with E-state index in [2.05, 4.69) is 22.4 Å². The maximum absolute atomic E-state index is 11.5. The van der Waals surface area contributed by atoms with Gasteiger partial charge in [-0.2, -0.15) is 0 Å². The number of phenols is 1. The van der Waals surface area contributed by atoms with Crippen LogP contribution in [0.4, 0.5) is 5.13 Å². The molecule has 1 heterocycles. The smallest absolute Gasteiger partial charge is 0.206 e. The maximum atomic E-state index is 11.5. The molecule has 118 valence electrons. The molecule has 0 aliphatic carbocycles. The summed E-state index contributed by atoms with van der Waals surface area (Å²) >= 11 is 8.91. The van der Waals surface area contributed by atoms with Crippen LogP contribution in [-0.4, -0.2) is 27.6 Å². The number of ketones is 1. The Morgan fingerprint density at radius 1 is 1.45 bits per heavy atom. The van der Waals surface area contributed by atoms with Crippen molar-refractivity contribution in [3.8, 4) is 5.75 Å². The normalized spacial score (nSPS) is 10.7. The van der Waals surface area contributed by atoms with Crippen LogP contribution in [0, 0.1) is 0 Å². The van der Waals surface area contributed by atoms with Gasteiger partial charge in [0.05, 0.1) is 5.56 Å². The van der Waals surface area contributed by atoms with E-state index in [1.807, 2.05) is 0 Å². The summed E-state index contributed by atoms with van der Waals surface area (Å²) in [5, 5.41) is 22.7. The van der Waals surface area contributed by atoms with Gasteiger partial charge in [-0.3, -0.25) is 4.79 Å². The number of rotatable bonds is 7. The molecule has 2 N–H and O–H groups in total. The van der Waals surface area contributed by atoms with Crippen molar-refractivity contribution in [2.75, 3.05) is 11.9 Å². The zero-order chi connectivity index (χ0) is 16.1. The van der Waals surface area contributed by atoms with E-state index in [-0.39, 0.29) is 17.1 Å². The summed E-state index contributed by atoms with van der Waals surface area (Å²) in [4.78, 5) is 11.5. The molecular formula is C14H16ClN3O2S2. The predicted octanol–water partition coefficient (Wildman–Crippen LogP) is 4.21. The second kappa shape index (κ2) is 7.80. The lowest BCUT2D eigenvalue weighted by molar-refractivity contribution is 0.101. The minimum absolute atomic E-state index is 0.0155. The lowest BCUT2D eigenvalue weighted by atomic mass is 10.1. The van der Waals surface area contributed by atoms with Crippen LogP contribution in [0.1, 0.15) is 36.2 Å². The Balaban J connectivity index is 2.08. The first-order valence-corrected chi connectivity index (χ1v) is 8.91. The molecule has 0 aliphatic rings. The zero-order valence-corrected chi connectivity index (χ0v) is 14.6. The summed E-state index contributed by atoms with van der Waals surface area (Å²) in [5.74, 6) is 0.237. The van der Waals surface area contributed by atoms with E-state index in [0.29, 0.717) is 16.3 Å². The third-order valence-electron chi connectivity index (χ3n) is 2.82. The van der Waals surface area contributed by atoms with Gasteiger partial charge in [-0.25, -0.2) is 0 Å². The van der Waals surface area contributed by atoms with Crippen molar-refractivity contribution in [3.05, 3.63) is 28.3 Å². The number of halogens is 1. The Bertz CT molecular complexity index is 676. The molecule has 2 rings (SSSR count). The number of hydrogen-bond acceptors (Lipinski definition) is 7. The Hall–Kier alpha value is -1.31. The van der Waals surface area contributed by atoms with Gasteiger partial charge in [0, 0.05) is 22.9 Å². The number of nitrogens with one attached hydrogen (secondary N) is 1. The van der Waals surface area contributed by atoms with Gasteiger partial charge in [0.15, 0.2) is 10.1 Å². The Kier molecular flexibility index (Phi) is 6.05. The number of carbonyl (C=O) groups is 1. The highest BCUT2D eigenvalue weighted by atomic mass is 35.5. The zero-order valence-electron chi connectivity index (χ0n) is 12.2. The van der Waals surface area contributed by atoms with Gasteiger partial charge in [0.2, 0.25) is 5.13 Å². The maximum Gasteiger partial charge on any atom is 0.206 e. The Labute approximate surface area is 142 Å². The fourth-order valence-corrected chi connectivity index (χ4v) is 3.74. The van der Waals surface area contributed by atoms with E-state index in [9.17, 15) is 9.90 Å². The quantitative estimate of drug-likeness (QED) is 0.571. The van der Waals surface area contributed by atoms with Crippen LogP contribution < -0.4 is 5.32 Å². The molecule has 0 radical (unpaired) electrons. The first-order chi connectivity index (χ1) is 10.5. The fraction of sp³-hybridized carbons (Fsp3) is 0.357. The molecule has 1 aromatic heterocycles. The molecule has 2 aromatic rings. The average Bonchev–Trinajstić information content (AvgIpc) is 2.93. The highest BCUT2D eigenvalue weighted by molar-refractivity contribution is 8.00. The predicted molar refractivity (Wildman–Crippen MR) is 91.4 cm³/mol. The number of phenolic OH excluding ortho intramolecular Hbond substituents is 1. The van der Waals surface area contributed by atoms with E-state index in [1.54, 1.807) is 6.07 Å². The van der Waals surface area contributed by atoms with Crippen LogP contribution >= 0.6 is 34.7 Å². The molecule has 0 spiro atoms. The summed E-state index contributed by atoms with van der Waals surface area (Å²) in [5.41, 5.74) is 0.853. The highest BCUT2D eigenvalue weighted by Crippen LogP contribution is 2.34. The summed E-state index contributed by atoms with van der Waals surface area (Å²) in [6.45, 7) is 4.34. The number of carbonyl (C=O) groups excluding carboxylic acids is 1. The van der Waals surface area contributed by atoms with Gasteiger partial charge in [-0.15, -0.1) is 10.2 Å². The number of aromatic hydroxyl groups is 1. The van der Waals surface area contributed by atoms with Gasteiger partial charge >= 0.3 is 0 Å². The second-order valence-corrected chi connectivity index (χ2v) is 7.24. The first kappa shape index (κ1) is 17.1. The summed E-state index contributed by atoms with van der Waals surface area (Å²) < 4.78 is 0.794. The monoisotopic (exact) mass is 357 g/mol. The third kappa shape index (κ3) is 4.34. The van der Waals surface area contributed by atoms with Crippen molar-refractivity contribution in [1.29, 1.82) is 0 Å². The van der Waals surface area contributed by atoms with Crippen LogP contribution in [0.3, 0.4) is 0 Å². The first-order valence-electron chi connectivity index (χ1n) is 6.73. The SMILES string of the molecule is CCCNc1nnc(SCc2cc(Cl)cc(C(C)=O)c2O)s1. The van der Waals surface area contributed by atoms with Gasteiger partial charge in [0.1, 0.15) is 5.75 Å². The van der Waals surface area contributed by atoms with E-state index < -0.39 is 0 Å². The third-order valence-corrected chi connectivity index (χ3v) is 5.10. The van der Waals surface area contributed by atoms with Gasteiger partial charge in [-0.05, 0) is 25.5 Å². The van der Waals surface area contributed by atoms with Crippen molar-refractivity contribution < 1.29 is 9.90 Å². The lowest BCUT2D eigenvalue weighted by Crippen LogP contribution is -1.98. The van der Waals surface area contributed by atoms with Gasteiger partial charge in [0.25, 0.3) is 0 Å². The van der Waals surface area contributed by atoms with Crippen molar-refractivity contribution in [2.24, 2.45) is 0 Å². The minimum Gasteiger partial charge on any atom is -0.507 e. The molecule has 5 nitrogen and oxygen atoms in total. The van der Waals surface area contributed by atoms with Gasteiger partial charge in [-0.1, -0.05) is 41.6 Å². The number of anilines is 1. The lowest BCUT2D eigenvalue weighted by Gasteiger charge is -2.08. The van der Waals surface area contributed by atoms with Gasteiger partial charge < -0.3 is 10.4 Å². The molecular weight excluding hydrogens is 342 g/mol. The Morgan fingerprint density at radius 3 is 2.91 bits per heavy atom. The summed E-state index contributed by atoms with van der Waals surface area (Å²) in [6.07, 6.45) is 1.02. The topological polar surface area (TPSA) is 75.1 Å². The number of hydrogen-bond donors (Lipinski definition) is 2. The van der Waals surface area contributed by atoms with E-state index >= 15 is 0 Å². The molecule has 0 saturated heterocycles. The number of benzene rings is 1. The molecule has 8 heteroatoms. The number of aromatic nitrogens is 2. The van der Waals surface area contributed by atoms with E-state index in [0.717, 1.165) is 22.4 Å². The van der Waals surface area contributed by atoms with Crippen LogP contribution in [-0.2, 0) is 5.75 Å². The molecule has 22 heavy (non-hydrogen) atoms. The molecule has 0 atom stereocenters. The Morgan fingerprint density at radius 2 is 2.23 bits per heavy atom. The molecule has 0 aliphatic heterocycles. The molecule has 1 aromatic carbocycles. The van der Waals surface area contributed by atoms with Crippen LogP contribution in [0.25, 0.3) is 0 Å². The standard InChI is InChI=1S/C14H16ClN3O2S2/c1-3-4-16-13-17-18-14(22-13)21-7-9-5-10(15)6-11(8(2)19)12(9)20/h5-6,20H,3-4,7H2,1-2H3,(H,16,17). The molecule has 0 saturated carbocycles. The molecule has 0 unspecified atom stereocenters. The van der Waals surface area contributed by atoms with E-state index in [1.165, 1.54) is 36.1 Å². The minimum atomic E-state index is -0.215. The highest BCUT2D eigenvalue weighted by Gasteiger charge is 2.14. The van der Waals surface area contributed by atoms with Crippen molar-refractivity contribution >= 4 is 45.6 Å². The largest absolute Gasteiger partial charge is 0.507 e. The molecule has 0 bridgehead atoms. The molecule has 0 fully saturated rings. The molecule has 0 amide bonds.